The number of benzene rings is 2. The molecule has 0 aromatic heterocycles. The second kappa shape index (κ2) is 5.48. The predicted molar refractivity (Wildman–Crippen MR) is 87.6 cm³/mol. The monoisotopic (exact) mass is 292 g/mol. The van der Waals surface area contributed by atoms with Crippen LogP contribution in [0, 0.1) is 13.8 Å². The zero-order valence-corrected chi connectivity index (χ0v) is 12.4. The third-order valence-electron chi connectivity index (χ3n) is 3.50. The number of anilines is 2. The van der Waals surface area contributed by atoms with Crippen LogP contribution in [0.25, 0.3) is 0 Å². The molecule has 0 unspecified atom stereocenters. The van der Waals surface area contributed by atoms with Crippen molar-refractivity contribution in [3.05, 3.63) is 75.2 Å². The Hall–Kier alpha value is -2.88. The molecule has 0 saturated heterocycles. The first-order valence-corrected chi connectivity index (χ1v) is 7.02. The quantitative estimate of drug-likeness (QED) is 0.779. The number of rotatable bonds is 3. The van der Waals surface area contributed by atoms with Gasteiger partial charge >= 0.3 is 0 Å². The first kappa shape index (κ1) is 14.1. The topological polar surface area (TPSA) is 61.7 Å². The van der Waals surface area contributed by atoms with E-state index in [1.54, 1.807) is 0 Å². The molecule has 0 radical (unpaired) electrons. The van der Waals surface area contributed by atoms with Gasteiger partial charge in [-0.25, -0.2) is 4.99 Å². The van der Waals surface area contributed by atoms with Gasteiger partial charge in [0, 0.05) is 5.69 Å². The molecule has 22 heavy (non-hydrogen) atoms. The lowest BCUT2D eigenvalue weighted by molar-refractivity contribution is 0.464. The predicted octanol–water partition coefficient (Wildman–Crippen LogP) is 3.22. The molecule has 0 aliphatic rings. The fourth-order valence-corrected chi connectivity index (χ4v) is 2.14. The summed E-state index contributed by atoms with van der Waals surface area (Å²) in [6, 6.07) is 15.0. The normalized spacial score (nSPS) is 11.8. The Bertz CT molecular complexity index is 884. The second-order valence-electron chi connectivity index (χ2n) is 5.34. The van der Waals surface area contributed by atoms with Crippen LogP contribution in [0.1, 0.15) is 11.1 Å². The van der Waals surface area contributed by atoms with E-state index in [4.69, 9.17) is 0 Å². The van der Waals surface area contributed by atoms with Gasteiger partial charge < -0.3 is 10.4 Å². The van der Waals surface area contributed by atoms with Gasteiger partial charge in [0.05, 0.1) is 5.69 Å². The van der Waals surface area contributed by atoms with E-state index in [-0.39, 0.29) is 22.2 Å². The van der Waals surface area contributed by atoms with Crippen molar-refractivity contribution >= 4 is 17.1 Å². The van der Waals surface area contributed by atoms with E-state index < -0.39 is 0 Å². The fourth-order valence-electron chi connectivity index (χ4n) is 2.14. The van der Waals surface area contributed by atoms with Crippen molar-refractivity contribution in [2.75, 3.05) is 5.32 Å². The van der Waals surface area contributed by atoms with Gasteiger partial charge in [0.15, 0.2) is 11.1 Å². The summed E-state index contributed by atoms with van der Waals surface area (Å²) in [5, 5.41) is 13.1. The van der Waals surface area contributed by atoms with E-state index in [1.165, 1.54) is 0 Å². The minimum atomic E-state index is -0.279. The summed E-state index contributed by atoms with van der Waals surface area (Å²) in [5.41, 5.74) is 3.56. The molecule has 0 spiro atoms. The Morgan fingerprint density at radius 2 is 1.45 bits per heavy atom. The van der Waals surface area contributed by atoms with Gasteiger partial charge in [-0.15, -0.1) is 0 Å². The molecule has 0 aliphatic heterocycles. The van der Waals surface area contributed by atoms with Gasteiger partial charge in [0.2, 0.25) is 5.43 Å². The van der Waals surface area contributed by atoms with Crippen LogP contribution in [0.5, 0.6) is 5.75 Å². The van der Waals surface area contributed by atoms with Crippen molar-refractivity contribution in [1.29, 1.82) is 0 Å². The highest BCUT2D eigenvalue weighted by molar-refractivity contribution is 5.69. The summed E-state index contributed by atoms with van der Waals surface area (Å²) in [5.74, 6) is -0.0915. The first-order chi connectivity index (χ1) is 10.5. The molecule has 0 aliphatic carbocycles. The average molecular weight is 292 g/mol. The third-order valence-corrected chi connectivity index (χ3v) is 3.50. The maximum Gasteiger partial charge on any atom is 0.235 e. The summed E-state index contributed by atoms with van der Waals surface area (Å²) in [4.78, 5) is 16.3. The zero-order valence-electron chi connectivity index (χ0n) is 12.4. The Kier molecular flexibility index (Phi) is 3.51. The summed E-state index contributed by atoms with van der Waals surface area (Å²) in [6.07, 6.45) is 0. The molecule has 0 amide bonds. The van der Waals surface area contributed by atoms with Crippen molar-refractivity contribution in [1.82, 2.24) is 0 Å². The van der Waals surface area contributed by atoms with E-state index in [0.29, 0.717) is 5.69 Å². The number of nitrogens with one attached hydrogen (secondary N) is 1. The summed E-state index contributed by atoms with van der Waals surface area (Å²) < 4.78 is 0. The molecule has 0 atom stereocenters. The standard InChI is InChI=1S/C18H16N2O2/c1-11-3-7-13(8-4-11)19-15-17(21)16(18(15)22)20-14-9-5-12(2)6-10-14/h3-10,19,21H,1-2H3. The maximum absolute atomic E-state index is 12.1. The molecule has 0 fully saturated rings. The number of aromatic hydroxyl groups is 1. The van der Waals surface area contributed by atoms with Crippen LogP contribution in [0.15, 0.2) is 58.3 Å². The van der Waals surface area contributed by atoms with E-state index in [1.807, 2.05) is 62.4 Å². The maximum atomic E-state index is 12.1. The van der Waals surface area contributed by atoms with Gasteiger partial charge in [-0.2, -0.15) is 0 Å². The molecule has 4 heteroatoms. The highest BCUT2D eigenvalue weighted by Crippen LogP contribution is 2.22. The van der Waals surface area contributed by atoms with Crippen molar-refractivity contribution in [2.24, 2.45) is 4.99 Å². The molecular weight excluding hydrogens is 276 g/mol. The summed E-state index contributed by atoms with van der Waals surface area (Å²) in [6.45, 7) is 3.97. The number of aryl methyl sites for hydroxylation is 2. The van der Waals surface area contributed by atoms with Crippen LogP contribution < -0.4 is 16.1 Å². The van der Waals surface area contributed by atoms with E-state index in [0.717, 1.165) is 16.8 Å². The Morgan fingerprint density at radius 1 is 0.909 bits per heavy atom. The molecule has 0 saturated carbocycles. The Morgan fingerprint density at radius 3 is 2.00 bits per heavy atom. The minimum absolute atomic E-state index is 0.0915. The average Bonchev–Trinajstić information content (AvgIpc) is 2.53. The van der Waals surface area contributed by atoms with Crippen LogP contribution in [-0.4, -0.2) is 5.11 Å². The number of hydrogen-bond acceptors (Lipinski definition) is 4. The molecule has 3 aromatic carbocycles. The van der Waals surface area contributed by atoms with Crippen LogP contribution in [0.2, 0.25) is 0 Å². The minimum Gasteiger partial charge on any atom is -0.504 e. The molecule has 4 nitrogen and oxygen atoms in total. The molecule has 0 bridgehead atoms. The van der Waals surface area contributed by atoms with Crippen LogP contribution >= 0.6 is 0 Å². The highest BCUT2D eigenvalue weighted by Gasteiger charge is 2.18. The number of nitrogens with zero attached hydrogens (tertiary/aromatic N) is 1. The molecule has 3 rings (SSSR count). The lowest BCUT2D eigenvalue weighted by Gasteiger charge is -2.11. The molecule has 2 N–H and O–H groups in total. The fraction of sp³-hybridized carbons (Fsp3) is 0.111. The largest absolute Gasteiger partial charge is 0.504 e. The lowest BCUT2D eigenvalue weighted by atomic mass is 10.1. The van der Waals surface area contributed by atoms with Crippen LogP contribution in [0.4, 0.5) is 17.1 Å². The first-order valence-electron chi connectivity index (χ1n) is 7.02. The molecular formula is C18H16N2O2. The molecule has 110 valence electrons. The van der Waals surface area contributed by atoms with Gasteiger partial charge in [-0.1, -0.05) is 35.4 Å². The zero-order chi connectivity index (χ0) is 15.7. The van der Waals surface area contributed by atoms with Crippen LogP contribution in [0.3, 0.4) is 0 Å². The van der Waals surface area contributed by atoms with Crippen molar-refractivity contribution in [2.45, 2.75) is 13.8 Å². The Labute approximate surface area is 128 Å². The SMILES string of the molecule is Cc1ccc(N=c2c(O)c(Nc3ccc(C)cc3)c2=O)cc1. The lowest BCUT2D eigenvalue weighted by Crippen LogP contribution is -2.33. The van der Waals surface area contributed by atoms with E-state index in [9.17, 15) is 9.90 Å². The van der Waals surface area contributed by atoms with E-state index in [2.05, 4.69) is 10.3 Å². The van der Waals surface area contributed by atoms with Crippen molar-refractivity contribution in [3.8, 4) is 5.75 Å². The Balaban J connectivity index is 1.89. The van der Waals surface area contributed by atoms with Crippen molar-refractivity contribution < 1.29 is 5.11 Å². The van der Waals surface area contributed by atoms with Gasteiger partial charge in [-0.3, -0.25) is 4.79 Å². The van der Waals surface area contributed by atoms with Gasteiger partial charge in [-0.05, 0) is 38.1 Å². The van der Waals surface area contributed by atoms with Gasteiger partial charge in [0.1, 0.15) is 5.69 Å². The van der Waals surface area contributed by atoms with Gasteiger partial charge in [0.25, 0.3) is 0 Å². The smallest absolute Gasteiger partial charge is 0.235 e. The number of hydrogen-bond donors (Lipinski definition) is 2. The molecule has 3 aromatic rings. The van der Waals surface area contributed by atoms with E-state index >= 15 is 0 Å². The third kappa shape index (κ3) is 2.63. The van der Waals surface area contributed by atoms with Crippen molar-refractivity contribution in [3.63, 3.8) is 0 Å². The van der Waals surface area contributed by atoms with Crippen LogP contribution in [-0.2, 0) is 0 Å². The highest BCUT2D eigenvalue weighted by atomic mass is 16.3. The summed E-state index contributed by atoms with van der Waals surface area (Å²) >= 11 is 0. The second-order valence-corrected chi connectivity index (χ2v) is 5.34. The summed E-state index contributed by atoms with van der Waals surface area (Å²) in [7, 11) is 0. The molecule has 0 heterocycles.